The molecule has 1 atom stereocenters. The molecule has 0 aromatic carbocycles. The zero-order valence-corrected chi connectivity index (χ0v) is 14.5. The van der Waals surface area contributed by atoms with Gasteiger partial charge in [-0.15, -0.1) is 5.06 Å². The third kappa shape index (κ3) is 7.00. The smallest absolute Gasteiger partial charge is 0.192 e. The van der Waals surface area contributed by atoms with Gasteiger partial charge in [-0.3, -0.25) is 4.99 Å². The van der Waals surface area contributed by atoms with E-state index in [1.165, 1.54) is 6.42 Å². The summed E-state index contributed by atoms with van der Waals surface area (Å²) in [6.07, 6.45) is 3.24. The van der Waals surface area contributed by atoms with Gasteiger partial charge in [0, 0.05) is 20.1 Å². The first-order chi connectivity index (χ1) is 10.6. The highest BCUT2D eigenvalue weighted by Crippen LogP contribution is 2.06. The molecule has 0 aliphatic carbocycles. The summed E-state index contributed by atoms with van der Waals surface area (Å²) >= 11 is 0. The van der Waals surface area contributed by atoms with Crippen LogP contribution in [-0.2, 0) is 4.94 Å². The number of hydrogen-bond donors (Lipinski definition) is 2. The zero-order valence-electron chi connectivity index (χ0n) is 14.5. The quantitative estimate of drug-likeness (QED) is 0.787. The molecule has 126 valence electrons. The van der Waals surface area contributed by atoms with Crippen LogP contribution in [0.5, 0.6) is 0 Å². The Morgan fingerprint density at radius 3 is 2.91 bits per heavy atom. The van der Waals surface area contributed by atoms with E-state index >= 15 is 0 Å². The van der Waals surface area contributed by atoms with Gasteiger partial charge in [-0.2, -0.15) is 4.94 Å². The molecule has 1 rings (SSSR count). The van der Waals surface area contributed by atoms with Gasteiger partial charge in [0.1, 0.15) is 12.5 Å². The Kier molecular flexibility index (Phi) is 8.69. The van der Waals surface area contributed by atoms with E-state index in [2.05, 4.69) is 46.5 Å². The largest absolute Gasteiger partial charge is 0.367 e. The van der Waals surface area contributed by atoms with E-state index in [9.17, 15) is 0 Å². The topological polar surface area (TPSA) is 73.6 Å². The van der Waals surface area contributed by atoms with Crippen LogP contribution in [0.1, 0.15) is 47.0 Å². The first kappa shape index (κ1) is 18.6. The van der Waals surface area contributed by atoms with Gasteiger partial charge in [-0.05, 0) is 25.7 Å². The molecule has 1 heterocycles. The summed E-state index contributed by atoms with van der Waals surface area (Å²) in [5.41, 5.74) is 2.79. The van der Waals surface area contributed by atoms with Gasteiger partial charge < -0.3 is 5.32 Å². The van der Waals surface area contributed by atoms with Gasteiger partial charge in [0.25, 0.3) is 0 Å². The van der Waals surface area contributed by atoms with Crippen molar-refractivity contribution in [1.29, 1.82) is 0 Å². The summed E-state index contributed by atoms with van der Waals surface area (Å²) in [6.45, 7) is 10.4. The average molecular weight is 310 g/mol. The maximum atomic E-state index is 5.30. The lowest BCUT2D eigenvalue weighted by atomic mass is 10.1. The Hall–Kier alpha value is -1.47. The van der Waals surface area contributed by atoms with E-state index < -0.39 is 0 Å². The van der Waals surface area contributed by atoms with Crippen molar-refractivity contribution in [2.75, 3.05) is 26.8 Å². The molecule has 0 bridgehead atoms. The molecular formula is C15H30N6O. The molecule has 0 saturated heterocycles. The van der Waals surface area contributed by atoms with Crippen molar-refractivity contribution < 1.29 is 4.94 Å². The summed E-state index contributed by atoms with van der Waals surface area (Å²) < 4.78 is 0. The van der Waals surface area contributed by atoms with Crippen molar-refractivity contribution in [3.05, 3.63) is 0 Å². The molecule has 1 unspecified atom stereocenters. The van der Waals surface area contributed by atoms with Gasteiger partial charge in [0.15, 0.2) is 11.7 Å². The predicted molar refractivity (Wildman–Crippen MR) is 92.1 cm³/mol. The summed E-state index contributed by atoms with van der Waals surface area (Å²) in [6, 6.07) is 0. The van der Waals surface area contributed by atoms with Crippen LogP contribution < -0.4 is 10.8 Å². The van der Waals surface area contributed by atoms with E-state index in [1.54, 1.807) is 5.06 Å². The molecule has 7 nitrogen and oxygen atoms in total. The number of hydrogen-bond acceptors (Lipinski definition) is 6. The van der Waals surface area contributed by atoms with Crippen molar-refractivity contribution in [2.24, 2.45) is 20.9 Å². The lowest BCUT2D eigenvalue weighted by molar-refractivity contribution is -0.170. The monoisotopic (exact) mass is 310 g/mol. The molecule has 7 heteroatoms. The van der Waals surface area contributed by atoms with E-state index in [1.807, 2.05) is 14.0 Å². The first-order valence-corrected chi connectivity index (χ1v) is 8.09. The molecule has 1 aliphatic rings. The summed E-state index contributed by atoms with van der Waals surface area (Å²) in [4.78, 5) is 19.0. The molecule has 0 aromatic rings. The molecular weight excluding hydrogens is 280 g/mol. The first-order valence-electron chi connectivity index (χ1n) is 8.09. The number of rotatable bonds is 6. The van der Waals surface area contributed by atoms with Gasteiger partial charge in [-0.1, -0.05) is 27.2 Å². The van der Waals surface area contributed by atoms with Gasteiger partial charge >= 0.3 is 0 Å². The van der Waals surface area contributed by atoms with Crippen LogP contribution in [0.3, 0.4) is 0 Å². The number of amidine groups is 3. The summed E-state index contributed by atoms with van der Waals surface area (Å²) in [7, 11) is 1.81. The second-order valence-corrected chi connectivity index (χ2v) is 5.60. The SMILES string of the molecule is CCCNC1=NCN(C)ONC(C)=NC1=NCCC(C)CC. The Labute approximate surface area is 133 Å². The Bertz CT molecular complexity index is 418. The molecule has 0 fully saturated rings. The van der Waals surface area contributed by atoms with Crippen LogP contribution in [0, 0.1) is 5.92 Å². The second-order valence-electron chi connectivity index (χ2n) is 5.60. The average Bonchev–Trinajstić information content (AvgIpc) is 2.57. The van der Waals surface area contributed by atoms with Crippen LogP contribution >= 0.6 is 0 Å². The van der Waals surface area contributed by atoms with Gasteiger partial charge in [0.05, 0.1) is 0 Å². The van der Waals surface area contributed by atoms with Gasteiger partial charge in [0.2, 0.25) is 0 Å². The van der Waals surface area contributed by atoms with E-state index in [-0.39, 0.29) is 0 Å². The van der Waals surface area contributed by atoms with Crippen LogP contribution in [0.15, 0.2) is 15.0 Å². The molecule has 2 N–H and O–H groups in total. The van der Waals surface area contributed by atoms with Crippen LogP contribution in [0.25, 0.3) is 0 Å². The zero-order chi connectivity index (χ0) is 16.4. The molecule has 0 spiro atoms. The third-order valence-electron chi connectivity index (χ3n) is 3.39. The fourth-order valence-corrected chi connectivity index (χ4v) is 1.73. The minimum Gasteiger partial charge on any atom is -0.367 e. The normalized spacial score (nSPS) is 20.3. The number of nitrogens with one attached hydrogen (secondary N) is 2. The van der Waals surface area contributed by atoms with Crippen molar-refractivity contribution in [3.63, 3.8) is 0 Å². The fraction of sp³-hybridized carbons (Fsp3) is 0.800. The molecule has 1 aliphatic heterocycles. The van der Waals surface area contributed by atoms with Crippen LogP contribution in [0.2, 0.25) is 0 Å². The maximum absolute atomic E-state index is 5.30. The third-order valence-corrected chi connectivity index (χ3v) is 3.39. The van der Waals surface area contributed by atoms with Crippen molar-refractivity contribution in [1.82, 2.24) is 15.9 Å². The van der Waals surface area contributed by atoms with Crippen molar-refractivity contribution in [3.8, 4) is 0 Å². The lowest BCUT2D eigenvalue weighted by Crippen LogP contribution is -2.32. The second kappa shape index (κ2) is 10.3. The fourth-order valence-electron chi connectivity index (χ4n) is 1.73. The predicted octanol–water partition coefficient (Wildman–Crippen LogP) is 1.98. The summed E-state index contributed by atoms with van der Waals surface area (Å²) in [5.74, 6) is 2.69. The lowest BCUT2D eigenvalue weighted by Gasteiger charge is -2.13. The van der Waals surface area contributed by atoms with E-state index in [0.29, 0.717) is 24.3 Å². The molecule has 0 saturated carbocycles. The number of nitrogens with zero attached hydrogens (tertiary/aromatic N) is 4. The highest BCUT2D eigenvalue weighted by molar-refractivity contribution is 6.42. The molecule has 0 aromatic heterocycles. The van der Waals surface area contributed by atoms with Crippen molar-refractivity contribution in [2.45, 2.75) is 47.0 Å². The highest BCUT2D eigenvalue weighted by Gasteiger charge is 2.12. The van der Waals surface area contributed by atoms with E-state index in [4.69, 9.17) is 4.94 Å². The standard InChI is InChI=1S/C15H30N6O/c1-6-9-16-14-15(17-10-8-12(3)7-2)19-13(4)20-22-21(5)11-18-14/h12H,6-11H2,1-5H3,(H,16,18)(H,17,19,20). The Morgan fingerprint density at radius 1 is 1.45 bits per heavy atom. The van der Waals surface area contributed by atoms with Crippen LogP contribution in [-0.4, -0.2) is 49.4 Å². The number of aliphatic imine (C=N–C) groups is 3. The minimum atomic E-state index is 0.409. The molecule has 0 radical (unpaired) electrons. The Balaban J connectivity index is 2.91. The maximum Gasteiger partial charge on any atom is 0.192 e. The van der Waals surface area contributed by atoms with Gasteiger partial charge in [-0.25, -0.2) is 15.5 Å². The number of hydroxylamine groups is 3. The Morgan fingerprint density at radius 2 is 2.23 bits per heavy atom. The highest BCUT2D eigenvalue weighted by atomic mass is 16.8. The minimum absolute atomic E-state index is 0.409. The van der Waals surface area contributed by atoms with Crippen LogP contribution in [0.4, 0.5) is 0 Å². The molecule has 22 heavy (non-hydrogen) atoms. The van der Waals surface area contributed by atoms with E-state index in [0.717, 1.165) is 31.8 Å². The summed E-state index contributed by atoms with van der Waals surface area (Å²) in [5, 5.41) is 4.92. The molecule has 0 amide bonds. The van der Waals surface area contributed by atoms with Crippen molar-refractivity contribution >= 4 is 17.5 Å².